The maximum Gasteiger partial charge on any atom is 0.275 e. The summed E-state index contributed by atoms with van der Waals surface area (Å²) >= 11 is 1.21. The van der Waals surface area contributed by atoms with Crippen molar-refractivity contribution in [1.82, 2.24) is 24.7 Å². The first-order valence-corrected chi connectivity index (χ1v) is 6.74. The van der Waals surface area contributed by atoms with Crippen molar-refractivity contribution < 1.29 is 4.79 Å². The molecule has 7 heteroatoms. The number of H-pyrrole nitrogens is 1. The molecule has 6 nitrogen and oxygen atoms in total. The summed E-state index contributed by atoms with van der Waals surface area (Å²) in [5, 5.41) is 12.5. The molecular formula is C11H13N5OS. The number of hydrogen-bond donors (Lipinski definition) is 1. The van der Waals surface area contributed by atoms with Crippen molar-refractivity contribution in [2.24, 2.45) is 0 Å². The Morgan fingerprint density at radius 2 is 2.28 bits per heavy atom. The maximum absolute atomic E-state index is 12.1. The van der Waals surface area contributed by atoms with Gasteiger partial charge in [-0.1, -0.05) is 4.49 Å². The van der Waals surface area contributed by atoms with Crippen LogP contribution in [0.1, 0.15) is 34.9 Å². The van der Waals surface area contributed by atoms with Crippen molar-refractivity contribution >= 4 is 17.4 Å². The van der Waals surface area contributed by atoms with Crippen LogP contribution < -0.4 is 0 Å². The van der Waals surface area contributed by atoms with E-state index in [0.717, 1.165) is 31.6 Å². The van der Waals surface area contributed by atoms with E-state index in [9.17, 15) is 4.79 Å². The molecule has 0 spiro atoms. The van der Waals surface area contributed by atoms with Crippen LogP contribution >= 0.6 is 11.5 Å². The average molecular weight is 263 g/mol. The minimum atomic E-state index is -0.00758. The minimum Gasteiger partial charge on any atom is -0.337 e. The highest BCUT2D eigenvalue weighted by atomic mass is 32.1. The molecule has 0 radical (unpaired) electrons. The van der Waals surface area contributed by atoms with Crippen LogP contribution in [0.25, 0.3) is 0 Å². The van der Waals surface area contributed by atoms with E-state index < -0.39 is 0 Å². The van der Waals surface area contributed by atoms with Crippen LogP contribution in [-0.2, 0) is 0 Å². The number of amides is 1. The van der Waals surface area contributed by atoms with Gasteiger partial charge in [0.1, 0.15) is 0 Å². The molecule has 0 saturated carbocycles. The Morgan fingerprint density at radius 1 is 1.44 bits per heavy atom. The zero-order valence-corrected chi connectivity index (χ0v) is 10.6. The zero-order valence-electron chi connectivity index (χ0n) is 9.74. The number of rotatable bonds is 2. The number of likely N-dealkylation sites (tertiary alicyclic amines) is 1. The number of nitrogens with zero attached hydrogens (tertiary/aromatic N) is 4. The van der Waals surface area contributed by atoms with Gasteiger partial charge in [0.05, 0.1) is 0 Å². The van der Waals surface area contributed by atoms with Crippen molar-refractivity contribution in [1.29, 1.82) is 0 Å². The van der Waals surface area contributed by atoms with Crippen LogP contribution in [-0.4, -0.2) is 43.7 Å². The summed E-state index contributed by atoms with van der Waals surface area (Å²) < 4.78 is 3.72. The number of piperidine rings is 1. The van der Waals surface area contributed by atoms with Gasteiger partial charge in [-0.05, 0) is 30.4 Å². The SMILES string of the molecule is O=C(c1csnn1)N1CCC(c2ccn[nH]2)CC1. The van der Waals surface area contributed by atoms with E-state index in [1.54, 1.807) is 11.6 Å². The minimum absolute atomic E-state index is 0.00758. The molecular weight excluding hydrogens is 250 g/mol. The Kier molecular flexibility index (Phi) is 3.06. The normalized spacial score (nSPS) is 17.0. The lowest BCUT2D eigenvalue weighted by Crippen LogP contribution is -2.38. The molecule has 3 rings (SSSR count). The molecule has 2 aromatic heterocycles. The van der Waals surface area contributed by atoms with E-state index in [4.69, 9.17) is 0 Å². The topological polar surface area (TPSA) is 74.8 Å². The lowest BCUT2D eigenvalue weighted by Gasteiger charge is -2.30. The van der Waals surface area contributed by atoms with Gasteiger partial charge in [-0.15, -0.1) is 5.10 Å². The van der Waals surface area contributed by atoms with Crippen molar-refractivity contribution in [3.05, 3.63) is 29.0 Å². The van der Waals surface area contributed by atoms with Crippen LogP contribution in [0.15, 0.2) is 17.6 Å². The fraction of sp³-hybridized carbons (Fsp3) is 0.455. The number of carbonyl (C=O) groups is 1. The third kappa shape index (κ3) is 2.13. The average Bonchev–Trinajstić information content (AvgIpc) is 3.11. The molecule has 1 aliphatic rings. The summed E-state index contributed by atoms with van der Waals surface area (Å²) in [5.74, 6) is 0.469. The summed E-state index contributed by atoms with van der Waals surface area (Å²) in [5.41, 5.74) is 1.62. The van der Waals surface area contributed by atoms with E-state index in [0.29, 0.717) is 11.6 Å². The van der Waals surface area contributed by atoms with Crippen molar-refractivity contribution in [3.8, 4) is 0 Å². The smallest absolute Gasteiger partial charge is 0.275 e. The van der Waals surface area contributed by atoms with Gasteiger partial charge in [0.15, 0.2) is 5.69 Å². The molecule has 1 amide bonds. The molecule has 1 fully saturated rings. The van der Waals surface area contributed by atoms with Crippen LogP contribution in [0.2, 0.25) is 0 Å². The lowest BCUT2D eigenvalue weighted by molar-refractivity contribution is 0.0706. The quantitative estimate of drug-likeness (QED) is 0.885. The second kappa shape index (κ2) is 4.85. The molecule has 1 saturated heterocycles. The summed E-state index contributed by atoms with van der Waals surface area (Å²) in [6, 6.07) is 2.01. The largest absolute Gasteiger partial charge is 0.337 e. The Bertz CT molecular complexity index is 502. The molecule has 0 unspecified atom stereocenters. The predicted molar refractivity (Wildman–Crippen MR) is 66.4 cm³/mol. The van der Waals surface area contributed by atoms with E-state index in [1.807, 2.05) is 11.0 Å². The molecule has 1 N–H and O–H groups in total. The van der Waals surface area contributed by atoms with Crippen LogP contribution in [0.3, 0.4) is 0 Å². The fourth-order valence-electron chi connectivity index (χ4n) is 2.31. The zero-order chi connectivity index (χ0) is 12.4. The van der Waals surface area contributed by atoms with Crippen LogP contribution in [0.4, 0.5) is 0 Å². The van der Waals surface area contributed by atoms with Crippen LogP contribution in [0.5, 0.6) is 0 Å². The van der Waals surface area contributed by atoms with Gasteiger partial charge in [-0.3, -0.25) is 9.89 Å². The van der Waals surface area contributed by atoms with Gasteiger partial charge in [-0.2, -0.15) is 5.10 Å². The molecule has 94 valence electrons. The Labute approximate surface area is 108 Å². The third-order valence-corrected chi connectivity index (χ3v) is 3.83. The highest BCUT2D eigenvalue weighted by Crippen LogP contribution is 2.26. The second-order valence-electron chi connectivity index (χ2n) is 4.37. The van der Waals surface area contributed by atoms with Gasteiger partial charge in [0.25, 0.3) is 5.91 Å². The number of nitrogens with one attached hydrogen (secondary N) is 1. The van der Waals surface area contributed by atoms with Gasteiger partial charge in [0, 0.05) is 36.3 Å². The highest BCUT2D eigenvalue weighted by Gasteiger charge is 2.26. The van der Waals surface area contributed by atoms with Gasteiger partial charge in [-0.25, -0.2) is 0 Å². The van der Waals surface area contributed by atoms with Gasteiger partial charge < -0.3 is 4.90 Å². The first-order valence-electron chi connectivity index (χ1n) is 5.90. The van der Waals surface area contributed by atoms with Gasteiger partial charge in [0.2, 0.25) is 0 Å². The molecule has 1 aliphatic heterocycles. The Morgan fingerprint density at radius 3 is 2.89 bits per heavy atom. The van der Waals surface area contributed by atoms with E-state index in [2.05, 4.69) is 19.8 Å². The van der Waals surface area contributed by atoms with E-state index in [-0.39, 0.29) is 5.91 Å². The third-order valence-electron chi connectivity index (χ3n) is 3.32. The molecule has 2 aromatic rings. The lowest BCUT2D eigenvalue weighted by atomic mass is 9.93. The summed E-state index contributed by atoms with van der Waals surface area (Å²) in [6.45, 7) is 1.53. The standard InChI is InChI=1S/C11H13N5OS/c17-11(10-7-18-15-14-10)16-5-2-8(3-6-16)9-1-4-12-13-9/h1,4,7-8H,2-3,5-6H2,(H,12,13). The van der Waals surface area contributed by atoms with Crippen molar-refractivity contribution in [2.75, 3.05) is 13.1 Å². The molecule has 0 aliphatic carbocycles. The fourth-order valence-corrected chi connectivity index (χ4v) is 2.74. The van der Waals surface area contributed by atoms with Crippen molar-refractivity contribution in [2.45, 2.75) is 18.8 Å². The molecule has 3 heterocycles. The monoisotopic (exact) mass is 263 g/mol. The first kappa shape index (κ1) is 11.3. The predicted octanol–water partition coefficient (Wildman–Crippen LogP) is 1.28. The summed E-state index contributed by atoms with van der Waals surface area (Å²) in [4.78, 5) is 13.9. The molecule has 0 aromatic carbocycles. The first-order chi connectivity index (χ1) is 8.84. The van der Waals surface area contributed by atoms with Gasteiger partial charge >= 0.3 is 0 Å². The second-order valence-corrected chi connectivity index (χ2v) is 4.98. The van der Waals surface area contributed by atoms with E-state index >= 15 is 0 Å². The maximum atomic E-state index is 12.1. The number of hydrogen-bond acceptors (Lipinski definition) is 5. The summed E-state index contributed by atoms with van der Waals surface area (Å²) in [7, 11) is 0. The molecule has 0 bridgehead atoms. The Hall–Kier alpha value is -1.76. The number of aromatic amines is 1. The van der Waals surface area contributed by atoms with Crippen LogP contribution in [0, 0.1) is 0 Å². The van der Waals surface area contributed by atoms with Crippen molar-refractivity contribution in [3.63, 3.8) is 0 Å². The molecule has 18 heavy (non-hydrogen) atoms. The Balaban J connectivity index is 1.62. The highest BCUT2D eigenvalue weighted by molar-refractivity contribution is 7.03. The number of carbonyl (C=O) groups excluding carboxylic acids is 1. The molecule has 0 atom stereocenters. The summed E-state index contributed by atoms with van der Waals surface area (Å²) in [6.07, 6.45) is 3.70. The van der Waals surface area contributed by atoms with E-state index in [1.165, 1.54) is 11.5 Å². The number of aromatic nitrogens is 4.